The van der Waals surface area contributed by atoms with Gasteiger partial charge < -0.3 is 10.4 Å². The molecule has 6 heteroatoms. The molecule has 3 rings (SSSR count). The molecule has 2 amide bonds. The lowest BCUT2D eigenvalue weighted by Gasteiger charge is -2.05. The van der Waals surface area contributed by atoms with Crippen LogP contribution in [0.2, 0.25) is 0 Å². The molecule has 0 heterocycles. The van der Waals surface area contributed by atoms with Gasteiger partial charge in [0.2, 0.25) is 11.8 Å². The van der Waals surface area contributed by atoms with E-state index in [2.05, 4.69) is 15.8 Å². The third-order valence-corrected chi connectivity index (χ3v) is 3.71. The highest BCUT2D eigenvalue weighted by molar-refractivity contribution is 6.05. The fourth-order valence-corrected chi connectivity index (χ4v) is 2.50. The number of fused-ring (bicyclic) bond motifs is 1. The van der Waals surface area contributed by atoms with Gasteiger partial charge in [-0.1, -0.05) is 48.5 Å². The summed E-state index contributed by atoms with van der Waals surface area (Å²) >= 11 is 0. The zero-order valence-electron chi connectivity index (χ0n) is 13.8. The van der Waals surface area contributed by atoms with Crippen molar-refractivity contribution in [2.24, 2.45) is 5.10 Å². The van der Waals surface area contributed by atoms with Crippen LogP contribution >= 0.6 is 0 Å². The molecular weight excluding hydrogens is 330 g/mol. The van der Waals surface area contributed by atoms with E-state index < -0.39 is 11.8 Å². The van der Waals surface area contributed by atoms with Gasteiger partial charge in [-0.3, -0.25) is 9.59 Å². The normalized spacial score (nSPS) is 10.8. The Kier molecular flexibility index (Phi) is 5.24. The number of nitrogens with one attached hydrogen (secondary N) is 2. The highest BCUT2D eigenvalue weighted by Crippen LogP contribution is 2.25. The average Bonchev–Trinajstić information content (AvgIpc) is 2.64. The molecule has 0 aliphatic rings. The molecule has 0 bridgehead atoms. The van der Waals surface area contributed by atoms with Gasteiger partial charge in [-0.05, 0) is 29.0 Å². The number of benzene rings is 3. The third kappa shape index (κ3) is 4.24. The second-order valence-corrected chi connectivity index (χ2v) is 5.60. The summed E-state index contributed by atoms with van der Waals surface area (Å²) < 4.78 is 0. The maximum Gasteiger partial charge on any atom is 0.249 e. The van der Waals surface area contributed by atoms with Crippen molar-refractivity contribution in [1.29, 1.82) is 0 Å². The van der Waals surface area contributed by atoms with E-state index in [9.17, 15) is 14.7 Å². The van der Waals surface area contributed by atoms with Gasteiger partial charge >= 0.3 is 0 Å². The second-order valence-electron chi connectivity index (χ2n) is 5.60. The van der Waals surface area contributed by atoms with Gasteiger partial charge in [-0.15, -0.1) is 0 Å². The molecule has 3 N–H and O–H groups in total. The van der Waals surface area contributed by atoms with E-state index in [1.54, 1.807) is 36.4 Å². The first kappa shape index (κ1) is 17.2. The predicted molar refractivity (Wildman–Crippen MR) is 101 cm³/mol. The number of amides is 2. The van der Waals surface area contributed by atoms with E-state index in [-0.39, 0.29) is 12.2 Å². The van der Waals surface area contributed by atoms with Crippen LogP contribution in [-0.2, 0) is 9.59 Å². The van der Waals surface area contributed by atoms with E-state index in [0.29, 0.717) is 11.3 Å². The quantitative estimate of drug-likeness (QED) is 0.376. The fourth-order valence-electron chi connectivity index (χ4n) is 2.50. The molecule has 130 valence electrons. The summed E-state index contributed by atoms with van der Waals surface area (Å²) in [6, 6.07) is 19.8. The van der Waals surface area contributed by atoms with Crippen molar-refractivity contribution in [2.45, 2.75) is 6.42 Å². The summed E-state index contributed by atoms with van der Waals surface area (Å²) in [4.78, 5) is 23.7. The standard InChI is InChI=1S/C20H17N3O3/c24-18-11-10-14-6-4-5-9-16(14)17(18)13-21-23-20(26)12-19(25)22-15-7-2-1-3-8-15/h1-11,13,24H,12H2,(H,22,25)(H,23,26)/b21-13+. The molecule has 26 heavy (non-hydrogen) atoms. The molecule has 0 spiro atoms. The molecule has 0 saturated heterocycles. The van der Waals surface area contributed by atoms with Crippen molar-refractivity contribution < 1.29 is 14.7 Å². The zero-order chi connectivity index (χ0) is 18.4. The van der Waals surface area contributed by atoms with E-state index in [0.717, 1.165) is 10.8 Å². The highest BCUT2D eigenvalue weighted by atomic mass is 16.3. The Labute approximate surface area is 150 Å². The zero-order valence-corrected chi connectivity index (χ0v) is 13.8. The number of carbonyl (C=O) groups is 2. The van der Waals surface area contributed by atoms with E-state index in [1.807, 2.05) is 30.3 Å². The van der Waals surface area contributed by atoms with Crippen molar-refractivity contribution in [1.82, 2.24) is 5.43 Å². The van der Waals surface area contributed by atoms with Crippen molar-refractivity contribution >= 4 is 34.5 Å². The van der Waals surface area contributed by atoms with Crippen LogP contribution in [-0.4, -0.2) is 23.1 Å². The minimum Gasteiger partial charge on any atom is -0.507 e. The Morgan fingerprint density at radius 3 is 2.46 bits per heavy atom. The number of hydrogen-bond donors (Lipinski definition) is 3. The van der Waals surface area contributed by atoms with Crippen LogP contribution < -0.4 is 10.7 Å². The molecule has 3 aromatic rings. The van der Waals surface area contributed by atoms with Crippen LogP contribution in [0.5, 0.6) is 5.75 Å². The summed E-state index contributed by atoms with van der Waals surface area (Å²) in [7, 11) is 0. The Morgan fingerprint density at radius 1 is 0.923 bits per heavy atom. The molecule has 0 radical (unpaired) electrons. The summed E-state index contributed by atoms with van der Waals surface area (Å²) in [5, 5.41) is 18.2. The second kappa shape index (κ2) is 7.94. The Hall–Kier alpha value is -3.67. The summed E-state index contributed by atoms with van der Waals surface area (Å²) in [5.41, 5.74) is 3.42. The number of para-hydroxylation sites is 1. The maximum atomic E-state index is 11.8. The van der Waals surface area contributed by atoms with Gasteiger partial charge in [0.15, 0.2) is 0 Å². The largest absolute Gasteiger partial charge is 0.507 e. The molecule has 0 unspecified atom stereocenters. The van der Waals surface area contributed by atoms with Gasteiger partial charge in [-0.2, -0.15) is 5.10 Å². The number of phenolic OH excluding ortho intramolecular Hbond substituents is 1. The summed E-state index contributed by atoms with van der Waals surface area (Å²) in [6.45, 7) is 0. The van der Waals surface area contributed by atoms with Gasteiger partial charge in [0, 0.05) is 11.3 Å². The Morgan fingerprint density at radius 2 is 1.65 bits per heavy atom. The smallest absolute Gasteiger partial charge is 0.249 e. The Bertz CT molecular complexity index is 968. The fraction of sp³-hybridized carbons (Fsp3) is 0.0500. The monoisotopic (exact) mass is 347 g/mol. The first-order valence-corrected chi connectivity index (χ1v) is 8.01. The Balaban J connectivity index is 1.61. The molecule has 0 saturated carbocycles. The molecule has 0 fully saturated rings. The molecule has 3 aromatic carbocycles. The molecule has 0 aliphatic carbocycles. The van der Waals surface area contributed by atoms with Crippen LogP contribution in [0.25, 0.3) is 10.8 Å². The molecule has 0 atom stereocenters. The van der Waals surface area contributed by atoms with Crippen molar-refractivity contribution in [2.75, 3.05) is 5.32 Å². The lowest BCUT2D eigenvalue weighted by atomic mass is 10.0. The van der Waals surface area contributed by atoms with Crippen LogP contribution in [0.1, 0.15) is 12.0 Å². The van der Waals surface area contributed by atoms with Crippen LogP contribution in [0, 0.1) is 0 Å². The van der Waals surface area contributed by atoms with Crippen molar-refractivity contribution in [3.8, 4) is 5.75 Å². The number of aromatic hydroxyl groups is 1. The minimum atomic E-state index is -0.547. The maximum absolute atomic E-state index is 11.8. The van der Waals surface area contributed by atoms with E-state index in [1.165, 1.54) is 6.21 Å². The molecule has 0 aliphatic heterocycles. The van der Waals surface area contributed by atoms with Crippen LogP contribution in [0.15, 0.2) is 71.8 Å². The number of rotatable bonds is 5. The average molecular weight is 347 g/mol. The highest BCUT2D eigenvalue weighted by Gasteiger charge is 2.09. The number of anilines is 1. The molecule has 6 nitrogen and oxygen atoms in total. The number of hydrazone groups is 1. The minimum absolute atomic E-state index is 0.0588. The predicted octanol–water partition coefficient (Wildman–Crippen LogP) is 3.02. The van der Waals surface area contributed by atoms with E-state index in [4.69, 9.17) is 0 Å². The number of carbonyl (C=O) groups excluding carboxylic acids is 2. The number of hydrogen-bond acceptors (Lipinski definition) is 4. The first-order chi connectivity index (χ1) is 12.6. The van der Waals surface area contributed by atoms with Gasteiger partial charge in [0.25, 0.3) is 0 Å². The lowest BCUT2D eigenvalue weighted by molar-refractivity contribution is -0.126. The summed E-state index contributed by atoms with van der Waals surface area (Å²) in [5.74, 6) is -0.921. The van der Waals surface area contributed by atoms with Crippen LogP contribution in [0.4, 0.5) is 5.69 Å². The SMILES string of the molecule is O=C(CC(=O)Nc1ccccc1)N/N=C/c1c(O)ccc2ccccc12. The van der Waals surface area contributed by atoms with Gasteiger partial charge in [-0.25, -0.2) is 5.43 Å². The molecular formula is C20H17N3O3. The van der Waals surface area contributed by atoms with Crippen molar-refractivity contribution in [3.63, 3.8) is 0 Å². The topological polar surface area (TPSA) is 90.8 Å². The van der Waals surface area contributed by atoms with Crippen LogP contribution in [0.3, 0.4) is 0 Å². The van der Waals surface area contributed by atoms with Gasteiger partial charge in [0.1, 0.15) is 12.2 Å². The lowest BCUT2D eigenvalue weighted by Crippen LogP contribution is -2.24. The third-order valence-electron chi connectivity index (χ3n) is 3.71. The van der Waals surface area contributed by atoms with Crippen molar-refractivity contribution in [3.05, 3.63) is 72.3 Å². The van der Waals surface area contributed by atoms with E-state index >= 15 is 0 Å². The number of phenols is 1. The molecule has 0 aromatic heterocycles. The van der Waals surface area contributed by atoms with Gasteiger partial charge in [0.05, 0.1) is 6.21 Å². The first-order valence-electron chi connectivity index (χ1n) is 8.01. The summed E-state index contributed by atoms with van der Waals surface area (Å²) in [6.07, 6.45) is 1.01. The number of nitrogens with zero attached hydrogens (tertiary/aromatic N) is 1.